The number of carbonyl (C=O) groups is 2. The van der Waals surface area contributed by atoms with Crippen molar-refractivity contribution in [1.29, 1.82) is 0 Å². The molecule has 27 heavy (non-hydrogen) atoms. The van der Waals surface area contributed by atoms with E-state index >= 15 is 0 Å². The van der Waals surface area contributed by atoms with Crippen molar-refractivity contribution in [2.24, 2.45) is 5.92 Å². The predicted molar refractivity (Wildman–Crippen MR) is 104 cm³/mol. The van der Waals surface area contributed by atoms with Crippen LogP contribution in [0, 0.1) is 19.8 Å². The highest BCUT2D eigenvalue weighted by Gasteiger charge is 2.38. The lowest BCUT2D eigenvalue weighted by Gasteiger charge is -2.35. The number of nitrogens with zero attached hydrogens (tertiary/aromatic N) is 4. The standard InChI is InChI=1S/C19H24N4O3S/c1-11-12(2)27-17-15(11)16(20-10-21-17)22-8-5-13(6-9-22)18(24)23-7-3-4-14(23)19(25)26/h10,13-14H,3-9H2,1-2H3,(H,25,26). The van der Waals surface area contributed by atoms with Crippen molar-refractivity contribution in [3.05, 3.63) is 16.8 Å². The van der Waals surface area contributed by atoms with Crippen LogP contribution in [-0.4, -0.2) is 57.5 Å². The maximum absolute atomic E-state index is 12.8. The normalized spacial score (nSPS) is 21.2. The first kappa shape index (κ1) is 18.2. The number of carbonyl (C=O) groups excluding carboxylic acids is 1. The molecule has 0 bridgehead atoms. The zero-order chi connectivity index (χ0) is 19.1. The summed E-state index contributed by atoms with van der Waals surface area (Å²) in [5.41, 5.74) is 1.23. The number of aryl methyl sites for hydroxylation is 2. The molecule has 144 valence electrons. The summed E-state index contributed by atoms with van der Waals surface area (Å²) in [6, 6.07) is -0.645. The summed E-state index contributed by atoms with van der Waals surface area (Å²) in [6.07, 6.45) is 4.42. The number of fused-ring (bicyclic) bond motifs is 1. The van der Waals surface area contributed by atoms with Gasteiger partial charge in [-0.05, 0) is 45.1 Å². The Bertz CT molecular complexity index is 888. The third kappa shape index (κ3) is 3.16. The number of aromatic nitrogens is 2. The minimum atomic E-state index is -0.884. The van der Waals surface area contributed by atoms with Crippen LogP contribution in [0.2, 0.25) is 0 Å². The monoisotopic (exact) mass is 388 g/mol. The summed E-state index contributed by atoms with van der Waals surface area (Å²) in [4.78, 5) is 39.3. The van der Waals surface area contributed by atoms with Crippen molar-refractivity contribution < 1.29 is 14.7 Å². The summed E-state index contributed by atoms with van der Waals surface area (Å²) >= 11 is 1.69. The van der Waals surface area contributed by atoms with Crippen LogP contribution in [0.1, 0.15) is 36.1 Å². The highest BCUT2D eigenvalue weighted by molar-refractivity contribution is 7.18. The second-order valence-electron chi connectivity index (χ2n) is 7.45. The van der Waals surface area contributed by atoms with Crippen molar-refractivity contribution >= 4 is 39.2 Å². The molecule has 1 atom stereocenters. The van der Waals surface area contributed by atoms with Crippen LogP contribution >= 0.6 is 11.3 Å². The summed E-state index contributed by atoms with van der Waals surface area (Å²) < 4.78 is 0. The van der Waals surface area contributed by atoms with E-state index in [0.29, 0.717) is 13.0 Å². The molecule has 2 saturated heterocycles. The molecule has 2 aromatic rings. The molecular formula is C19H24N4O3S. The molecule has 4 rings (SSSR count). The molecule has 2 fully saturated rings. The van der Waals surface area contributed by atoms with Gasteiger partial charge in [0, 0.05) is 30.4 Å². The highest BCUT2D eigenvalue weighted by atomic mass is 32.1. The molecule has 0 radical (unpaired) electrons. The van der Waals surface area contributed by atoms with E-state index < -0.39 is 12.0 Å². The van der Waals surface area contributed by atoms with E-state index in [-0.39, 0.29) is 11.8 Å². The zero-order valence-corrected chi connectivity index (χ0v) is 16.5. The van der Waals surface area contributed by atoms with Gasteiger partial charge in [-0.1, -0.05) is 0 Å². The van der Waals surface area contributed by atoms with Gasteiger partial charge in [0.25, 0.3) is 0 Å². The van der Waals surface area contributed by atoms with Crippen molar-refractivity contribution in [3.8, 4) is 0 Å². The van der Waals surface area contributed by atoms with Crippen LogP contribution in [0.4, 0.5) is 5.82 Å². The first-order valence-electron chi connectivity index (χ1n) is 9.46. The Kier molecular flexibility index (Phi) is 4.75. The van der Waals surface area contributed by atoms with Crippen LogP contribution in [0.25, 0.3) is 10.2 Å². The lowest BCUT2D eigenvalue weighted by Crippen LogP contribution is -2.46. The molecule has 2 aliphatic rings. The van der Waals surface area contributed by atoms with Crippen LogP contribution in [-0.2, 0) is 9.59 Å². The molecule has 0 saturated carbocycles. The minimum Gasteiger partial charge on any atom is -0.480 e. The first-order valence-corrected chi connectivity index (χ1v) is 10.3. The van der Waals surface area contributed by atoms with Crippen LogP contribution in [0.5, 0.6) is 0 Å². The smallest absolute Gasteiger partial charge is 0.326 e. The highest BCUT2D eigenvalue weighted by Crippen LogP contribution is 2.36. The van der Waals surface area contributed by atoms with E-state index in [0.717, 1.165) is 48.4 Å². The number of piperidine rings is 1. The summed E-state index contributed by atoms with van der Waals surface area (Å²) in [7, 11) is 0. The lowest BCUT2D eigenvalue weighted by molar-refractivity contribution is -0.150. The Labute approximate surface area is 162 Å². The van der Waals surface area contributed by atoms with E-state index in [2.05, 4.69) is 28.7 Å². The Hall–Kier alpha value is -2.22. The predicted octanol–water partition coefficient (Wildman–Crippen LogP) is 2.60. The average Bonchev–Trinajstić information content (AvgIpc) is 3.27. The Morgan fingerprint density at radius 1 is 1.15 bits per heavy atom. The number of thiophene rings is 1. The van der Waals surface area contributed by atoms with Gasteiger partial charge in [-0.2, -0.15) is 0 Å². The molecule has 8 heteroatoms. The summed E-state index contributed by atoms with van der Waals surface area (Å²) in [5.74, 6) is -0.0129. The Balaban J connectivity index is 1.48. The van der Waals surface area contributed by atoms with Gasteiger partial charge in [-0.3, -0.25) is 4.79 Å². The Morgan fingerprint density at radius 3 is 2.59 bits per heavy atom. The fourth-order valence-corrected chi connectivity index (χ4v) is 5.26. The van der Waals surface area contributed by atoms with Gasteiger partial charge >= 0.3 is 5.97 Å². The van der Waals surface area contributed by atoms with Crippen LogP contribution < -0.4 is 4.90 Å². The quantitative estimate of drug-likeness (QED) is 0.870. The zero-order valence-electron chi connectivity index (χ0n) is 15.6. The molecule has 2 aliphatic heterocycles. The molecule has 0 aliphatic carbocycles. The Morgan fingerprint density at radius 2 is 1.89 bits per heavy atom. The molecule has 1 N–H and O–H groups in total. The number of likely N-dealkylation sites (tertiary alicyclic amines) is 1. The van der Waals surface area contributed by atoms with Crippen molar-refractivity contribution in [2.75, 3.05) is 24.5 Å². The lowest BCUT2D eigenvalue weighted by atomic mass is 9.94. The molecule has 4 heterocycles. The largest absolute Gasteiger partial charge is 0.480 e. The second kappa shape index (κ2) is 7.07. The van der Waals surface area contributed by atoms with Gasteiger partial charge in [0.2, 0.25) is 5.91 Å². The number of aliphatic carboxylic acids is 1. The third-order valence-corrected chi connectivity index (χ3v) is 7.03. The number of rotatable bonds is 3. The average molecular weight is 388 g/mol. The molecule has 7 nitrogen and oxygen atoms in total. The summed E-state index contributed by atoms with van der Waals surface area (Å²) in [5, 5.41) is 10.5. The number of hydrogen-bond donors (Lipinski definition) is 1. The molecule has 0 spiro atoms. The topological polar surface area (TPSA) is 86.6 Å². The number of amides is 1. The van der Waals surface area contributed by atoms with Crippen molar-refractivity contribution in [3.63, 3.8) is 0 Å². The minimum absolute atomic E-state index is 0.00921. The van der Waals surface area contributed by atoms with Gasteiger partial charge < -0.3 is 14.9 Å². The van der Waals surface area contributed by atoms with E-state index in [9.17, 15) is 14.7 Å². The number of carboxylic acid groups (broad SMARTS) is 1. The van der Waals surface area contributed by atoms with Crippen LogP contribution in [0.3, 0.4) is 0 Å². The number of carboxylic acids is 1. The van der Waals surface area contributed by atoms with Gasteiger partial charge in [0.1, 0.15) is 23.0 Å². The molecule has 2 aromatic heterocycles. The van der Waals surface area contributed by atoms with Gasteiger partial charge in [-0.15, -0.1) is 11.3 Å². The number of hydrogen-bond acceptors (Lipinski definition) is 6. The number of anilines is 1. The second-order valence-corrected chi connectivity index (χ2v) is 8.65. The SMILES string of the molecule is Cc1sc2ncnc(N3CCC(C(=O)N4CCCC4C(=O)O)CC3)c2c1C. The van der Waals surface area contributed by atoms with E-state index in [1.54, 1.807) is 22.6 Å². The molecule has 1 amide bonds. The third-order valence-electron chi connectivity index (χ3n) is 5.91. The van der Waals surface area contributed by atoms with Crippen molar-refractivity contribution in [1.82, 2.24) is 14.9 Å². The van der Waals surface area contributed by atoms with Gasteiger partial charge in [0.05, 0.1) is 5.39 Å². The summed E-state index contributed by atoms with van der Waals surface area (Å²) in [6.45, 7) is 6.28. The molecule has 1 unspecified atom stereocenters. The molecular weight excluding hydrogens is 364 g/mol. The van der Waals surface area contributed by atoms with Gasteiger partial charge in [0.15, 0.2) is 0 Å². The van der Waals surface area contributed by atoms with E-state index in [1.165, 1.54) is 10.4 Å². The van der Waals surface area contributed by atoms with Crippen LogP contribution in [0.15, 0.2) is 6.33 Å². The van der Waals surface area contributed by atoms with Gasteiger partial charge in [-0.25, -0.2) is 14.8 Å². The fourth-order valence-electron chi connectivity index (χ4n) is 4.26. The molecule has 0 aromatic carbocycles. The van der Waals surface area contributed by atoms with Crippen molar-refractivity contribution in [2.45, 2.75) is 45.6 Å². The first-order chi connectivity index (χ1) is 13.0. The van der Waals surface area contributed by atoms with E-state index in [1.807, 2.05) is 0 Å². The maximum atomic E-state index is 12.8. The maximum Gasteiger partial charge on any atom is 0.326 e. The fraction of sp³-hybridized carbons (Fsp3) is 0.579. The van der Waals surface area contributed by atoms with E-state index in [4.69, 9.17) is 0 Å².